The van der Waals surface area contributed by atoms with Gasteiger partial charge in [-0.15, -0.1) is 0 Å². The van der Waals surface area contributed by atoms with Crippen molar-refractivity contribution in [1.29, 1.82) is 0 Å². The lowest BCUT2D eigenvalue weighted by Crippen LogP contribution is -2.23. The highest BCUT2D eigenvalue weighted by molar-refractivity contribution is 5.38. The van der Waals surface area contributed by atoms with Crippen LogP contribution in [0.25, 0.3) is 5.65 Å². The largest absolute Gasteiger partial charge is 0.411 e. The van der Waals surface area contributed by atoms with Crippen LogP contribution >= 0.6 is 0 Å². The van der Waals surface area contributed by atoms with E-state index in [0.29, 0.717) is 13.1 Å². The summed E-state index contributed by atoms with van der Waals surface area (Å²) in [7, 11) is 0. The number of nitrogens with one attached hydrogen (secondary N) is 1. The number of nitrogens with zero attached hydrogens (tertiary/aromatic N) is 3. The summed E-state index contributed by atoms with van der Waals surface area (Å²) in [6.45, 7) is 1.51. The Bertz CT molecular complexity index is 567. The third-order valence-electron chi connectivity index (χ3n) is 2.51. The van der Waals surface area contributed by atoms with Crippen molar-refractivity contribution >= 4 is 5.65 Å². The second-order valence-electron chi connectivity index (χ2n) is 4.40. The van der Waals surface area contributed by atoms with Crippen molar-refractivity contribution < 1.29 is 17.9 Å². The van der Waals surface area contributed by atoms with Gasteiger partial charge in [0.05, 0.1) is 12.3 Å². The molecule has 0 aliphatic heterocycles. The molecule has 0 bridgehead atoms. The zero-order valence-corrected chi connectivity index (χ0v) is 10.9. The van der Waals surface area contributed by atoms with Gasteiger partial charge in [0.25, 0.3) is 0 Å². The molecule has 20 heavy (non-hydrogen) atoms. The molecule has 5 nitrogen and oxygen atoms in total. The van der Waals surface area contributed by atoms with E-state index < -0.39 is 12.8 Å². The minimum absolute atomic E-state index is 0.00998. The highest BCUT2D eigenvalue weighted by Crippen LogP contribution is 2.13. The molecular weight excluding hydrogens is 273 g/mol. The van der Waals surface area contributed by atoms with Crippen molar-refractivity contribution in [2.75, 3.05) is 19.8 Å². The molecule has 0 saturated carbocycles. The summed E-state index contributed by atoms with van der Waals surface area (Å²) in [6.07, 6.45) is -0.730. The number of aryl methyl sites for hydroxylation is 1. The normalized spacial score (nSPS) is 12.2. The van der Waals surface area contributed by atoms with Gasteiger partial charge in [-0.3, -0.25) is 0 Å². The fourth-order valence-electron chi connectivity index (χ4n) is 1.69. The minimum atomic E-state index is -4.27. The second-order valence-corrected chi connectivity index (χ2v) is 4.40. The van der Waals surface area contributed by atoms with E-state index in [1.165, 1.54) is 0 Å². The quantitative estimate of drug-likeness (QED) is 0.822. The number of alkyl halides is 3. The van der Waals surface area contributed by atoms with Gasteiger partial charge in [-0.05, 0) is 6.92 Å². The Kier molecular flexibility index (Phi) is 4.56. The van der Waals surface area contributed by atoms with Crippen LogP contribution in [-0.4, -0.2) is 40.5 Å². The van der Waals surface area contributed by atoms with Crippen LogP contribution in [0, 0.1) is 6.92 Å². The van der Waals surface area contributed by atoms with Crippen molar-refractivity contribution in [1.82, 2.24) is 19.9 Å². The predicted octanol–water partition coefficient (Wildman–Crippen LogP) is 1.71. The van der Waals surface area contributed by atoms with Crippen LogP contribution in [0.4, 0.5) is 13.2 Å². The van der Waals surface area contributed by atoms with Crippen LogP contribution in [0.1, 0.15) is 11.3 Å². The molecule has 0 unspecified atom stereocenters. The van der Waals surface area contributed by atoms with Gasteiger partial charge < -0.3 is 10.1 Å². The molecule has 110 valence electrons. The standard InChI is InChI=1S/C12H15F3N4O/c1-9-4-11-17-6-10(7-19(11)18-9)5-16-2-3-20-8-12(13,14)15/h4,6-7,16H,2-3,5,8H2,1H3. The third-order valence-corrected chi connectivity index (χ3v) is 2.51. The van der Waals surface area contributed by atoms with Crippen molar-refractivity contribution in [2.24, 2.45) is 0 Å². The lowest BCUT2D eigenvalue weighted by atomic mass is 10.3. The number of hydrogen-bond donors (Lipinski definition) is 1. The van der Waals surface area contributed by atoms with Gasteiger partial charge in [-0.2, -0.15) is 18.3 Å². The lowest BCUT2D eigenvalue weighted by molar-refractivity contribution is -0.173. The minimum Gasteiger partial charge on any atom is -0.371 e. The van der Waals surface area contributed by atoms with E-state index in [4.69, 9.17) is 0 Å². The Morgan fingerprint density at radius 3 is 2.95 bits per heavy atom. The molecule has 2 heterocycles. The van der Waals surface area contributed by atoms with Crippen molar-refractivity contribution in [3.8, 4) is 0 Å². The van der Waals surface area contributed by atoms with Crippen LogP contribution in [0.3, 0.4) is 0 Å². The van der Waals surface area contributed by atoms with E-state index in [1.807, 2.05) is 19.2 Å². The first-order valence-electron chi connectivity index (χ1n) is 6.10. The van der Waals surface area contributed by atoms with Gasteiger partial charge in [-0.25, -0.2) is 9.50 Å². The molecule has 0 radical (unpaired) electrons. The first kappa shape index (κ1) is 14.7. The van der Waals surface area contributed by atoms with E-state index in [9.17, 15) is 13.2 Å². The SMILES string of the molecule is Cc1cc2ncc(CNCCOCC(F)(F)F)cn2n1. The third kappa shape index (κ3) is 4.46. The van der Waals surface area contributed by atoms with Crippen molar-refractivity contribution in [3.05, 3.63) is 29.7 Å². The van der Waals surface area contributed by atoms with Crippen LogP contribution in [0.5, 0.6) is 0 Å². The fraction of sp³-hybridized carbons (Fsp3) is 0.500. The molecule has 0 saturated heterocycles. The first-order chi connectivity index (χ1) is 9.44. The molecular formula is C12H15F3N4O. The molecule has 0 fully saturated rings. The Morgan fingerprint density at radius 2 is 2.20 bits per heavy atom. The van der Waals surface area contributed by atoms with Gasteiger partial charge in [-0.1, -0.05) is 0 Å². The molecule has 0 aromatic carbocycles. The number of rotatable bonds is 6. The predicted molar refractivity (Wildman–Crippen MR) is 66.3 cm³/mol. The van der Waals surface area contributed by atoms with E-state index in [-0.39, 0.29) is 6.61 Å². The summed E-state index contributed by atoms with van der Waals surface area (Å²) in [4.78, 5) is 4.23. The maximum Gasteiger partial charge on any atom is 0.411 e. The van der Waals surface area contributed by atoms with E-state index in [2.05, 4.69) is 20.1 Å². The maximum absolute atomic E-state index is 11.8. The number of aromatic nitrogens is 3. The van der Waals surface area contributed by atoms with Gasteiger partial charge in [0.1, 0.15) is 6.61 Å². The molecule has 0 aliphatic carbocycles. The zero-order chi connectivity index (χ0) is 14.6. The number of halogens is 3. The monoisotopic (exact) mass is 288 g/mol. The van der Waals surface area contributed by atoms with Crippen LogP contribution in [0.2, 0.25) is 0 Å². The van der Waals surface area contributed by atoms with Crippen molar-refractivity contribution in [3.63, 3.8) is 0 Å². The summed E-state index contributed by atoms with van der Waals surface area (Å²) < 4.78 is 41.6. The molecule has 8 heteroatoms. The molecule has 2 aromatic rings. The number of ether oxygens (including phenoxy) is 1. The lowest BCUT2D eigenvalue weighted by Gasteiger charge is -2.08. The van der Waals surface area contributed by atoms with Gasteiger partial charge in [0.2, 0.25) is 0 Å². The van der Waals surface area contributed by atoms with E-state index in [1.54, 1.807) is 10.7 Å². The molecule has 1 N–H and O–H groups in total. The summed E-state index contributed by atoms with van der Waals surface area (Å²) in [5, 5.41) is 7.22. The number of hydrogen-bond acceptors (Lipinski definition) is 4. The van der Waals surface area contributed by atoms with Crippen molar-refractivity contribution in [2.45, 2.75) is 19.6 Å². The highest BCUT2D eigenvalue weighted by Gasteiger charge is 2.27. The van der Waals surface area contributed by atoms with Gasteiger partial charge in [0, 0.05) is 37.1 Å². The highest BCUT2D eigenvalue weighted by atomic mass is 19.4. The average molecular weight is 288 g/mol. The molecule has 2 rings (SSSR count). The van der Waals surface area contributed by atoms with E-state index in [0.717, 1.165) is 16.9 Å². The Morgan fingerprint density at radius 1 is 1.40 bits per heavy atom. The second kappa shape index (κ2) is 6.19. The smallest absolute Gasteiger partial charge is 0.371 e. The average Bonchev–Trinajstić information content (AvgIpc) is 2.71. The molecule has 0 spiro atoms. The fourth-order valence-corrected chi connectivity index (χ4v) is 1.69. The van der Waals surface area contributed by atoms with Gasteiger partial charge >= 0.3 is 6.18 Å². The molecule has 0 amide bonds. The Hall–Kier alpha value is -1.67. The maximum atomic E-state index is 11.8. The Balaban J connectivity index is 1.73. The van der Waals surface area contributed by atoms with Crippen LogP contribution in [0.15, 0.2) is 18.5 Å². The molecule has 0 aliphatic rings. The Labute approximate surface area is 113 Å². The topological polar surface area (TPSA) is 51.5 Å². The van der Waals surface area contributed by atoms with Gasteiger partial charge in [0.15, 0.2) is 5.65 Å². The van der Waals surface area contributed by atoms with Crippen LogP contribution in [-0.2, 0) is 11.3 Å². The van der Waals surface area contributed by atoms with Crippen LogP contribution < -0.4 is 5.32 Å². The summed E-state index contributed by atoms with van der Waals surface area (Å²) in [6, 6.07) is 1.86. The number of fused-ring (bicyclic) bond motifs is 1. The summed E-state index contributed by atoms with van der Waals surface area (Å²) in [5.74, 6) is 0. The summed E-state index contributed by atoms with van der Waals surface area (Å²) >= 11 is 0. The summed E-state index contributed by atoms with van der Waals surface area (Å²) in [5.41, 5.74) is 2.54. The molecule has 2 aromatic heterocycles. The zero-order valence-electron chi connectivity index (χ0n) is 10.9. The molecule has 0 atom stereocenters. The first-order valence-corrected chi connectivity index (χ1v) is 6.10. The van der Waals surface area contributed by atoms with E-state index >= 15 is 0 Å².